The number of aliphatic hydroxyl groups excluding tert-OH is 1. The Labute approximate surface area is 97.7 Å². The standard InChI is InChI=1S/C9H14N4O4/c1-13-6-5(16-2)3-4(11-12-10)7(14)8(6)17-9(13)15/h4-8,14H,3H2,1-2H3/t4-,5-,6+,7+,8+/m1/s1. The summed E-state index contributed by atoms with van der Waals surface area (Å²) in [4.78, 5) is 15.5. The zero-order valence-electron chi connectivity index (χ0n) is 9.55. The molecule has 0 radical (unpaired) electrons. The van der Waals surface area contributed by atoms with Crippen LogP contribution in [-0.2, 0) is 9.47 Å². The molecule has 1 saturated carbocycles. The fraction of sp³-hybridized carbons (Fsp3) is 0.889. The molecule has 0 aromatic carbocycles. The fourth-order valence-electron chi connectivity index (χ4n) is 2.50. The molecule has 8 nitrogen and oxygen atoms in total. The molecule has 17 heavy (non-hydrogen) atoms. The average Bonchev–Trinajstić information content (AvgIpc) is 2.61. The van der Waals surface area contributed by atoms with Crippen molar-refractivity contribution in [3.05, 3.63) is 10.4 Å². The van der Waals surface area contributed by atoms with Crippen molar-refractivity contribution >= 4 is 6.09 Å². The Morgan fingerprint density at radius 3 is 3.00 bits per heavy atom. The zero-order valence-corrected chi connectivity index (χ0v) is 9.55. The second-order valence-electron chi connectivity index (χ2n) is 4.22. The summed E-state index contributed by atoms with van der Waals surface area (Å²) in [6, 6.07) is -0.974. The lowest BCUT2D eigenvalue weighted by molar-refractivity contribution is -0.0775. The number of fused-ring (bicyclic) bond motifs is 1. The number of carbonyl (C=O) groups is 1. The second kappa shape index (κ2) is 4.40. The zero-order chi connectivity index (χ0) is 12.6. The Morgan fingerprint density at radius 2 is 2.41 bits per heavy atom. The van der Waals surface area contributed by atoms with Crippen molar-refractivity contribution in [3.8, 4) is 0 Å². The molecule has 0 spiro atoms. The number of carbonyl (C=O) groups excluding carboxylic acids is 1. The first kappa shape index (κ1) is 12.0. The number of aliphatic hydroxyl groups is 1. The fourth-order valence-corrected chi connectivity index (χ4v) is 2.50. The highest BCUT2D eigenvalue weighted by atomic mass is 16.6. The molecule has 94 valence electrons. The quantitative estimate of drug-likeness (QED) is 0.425. The normalized spacial score (nSPS) is 40.5. The van der Waals surface area contributed by atoms with Gasteiger partial charge in [0.25, 0.3) is 0 Å². The van der Waals surface area contributed by atoms with E-state index in [1.54, 1.807) is 7.05 Å². The molecule has 2 aliphatic rings. The molecule has 5 atom stereocenters. The van der Waals surface area contributed by atoms with Crippen molar-refractivity contribution in [1.29, 1.82) is 0 Å². The molecule has 1 heterocycles. The number of rotatable bonds is 2. The third kappa shape index (κ3) is 1.80. The van der Waals surface area contributed by atoms with Crippen LogP contribution in [0.1, 0.15) is 6.42 Å². The highest BCUT2D eigenvalue weighted by Crippen LogP contribution is 2.34. The van der Waals surface area contributed by atoms with Crippen LogP contribution in [0.25, 0.3) is 10.4 Å². The topological polar surface area (TPSA) is 108 Å². The Kier molecular flexibility index (Phi) is 3.10. The van der Waals surface area contributed by atoms with Crippen molar-refractivity contribution in [3.63, 3.8) is 0 Å². The van der Waals surface area contributed by atoms with E-state index in [0.29, 0.717) is 6.42 Å². The predicted octanol–water partition coefficient (Wildman–Crippen LogP) is 0.264. The van der Waals surface area contributed by atoms with Crippen LogP contribution in [-0.4, -0.2) is 60.7 Å². The number of amides is 1. The molecule has 0 aromatic rings. The molecule has 0 bridgehead atoms. The minimum absolute atomic E-state index is 0.310. The maximum Gasteiger partial charge on any atom is 0.410 e. The maximum absolute atomic E-state index is 11.4. The Bertz CT molecular complexity index is 370. The van der Waals surface area contributed by atoms with Crippen LogP contribution >= 0.6 is 0 Å². The summed E-state index contributed by atoms with van der Waals surface area (Å²) in [6.45, 7) is 0. The van der Waals surface area contributed by atoms with E-state index in [4.69, 9.17) is 15.0 Å². The molecule has 8 heteroatoms. The number of likely N-dealkylation sites (N-methyl/N-ethyl adjacent to an activating group) is 1. The molecule has 2 rings (SSSR count). The second-order valence-corrected chi connectivity index (χ2v) is 4.22. The van der Waals surface area contributed by atoms with Gasteiger partial charge in [-0.25, -0.2) is 4.79 Å². The maximum atomic E-state index is 11.4. The third-order valence-corrected chi connectivity index (χ3v) is 3.40. The molecule has 1 saturated heterocycles. The van der Waals surface area contributed by atoms with E-state index in [1.165, 1.54) is 12.0 Å². The minimum Gasteiger partial charge on any atom is -0.441 e. The SMILES string of the molecule is CO[C@@H]1C[C@@H](N=[N+]=[N-])[C@H](O)[C@H]2OC(=O)N(C)[C@H]21. The van der Waals surface area contributed by atoms with Crippen LogP contribution in [0.2, 0.25) is 0 Å². The van der Waals surface area contributed by atoms with E-state index in [9.17, 15) is 9.90 Å². The summed E-state index contributed by atoms with van der Waals surface area (Å²) < 4.78 is 10.4. The molecule has 0 aromatic heterocycles. The van der Waals surface area contributed by atoms with E-state index < -0.39 is 24.3 Å². The molecule has 1 N–H and O–H groups in total. The van der Waals surface area contributed by atoms with Gasteiger partial charge in [0, 0.05) is 19.1 Å². The van der Waals surface area contributed by atoms with Crippen molar-refractivity contribution in [2.75, 3.05) is 14.2 Å². The lowest BCUT2D eigenvalue weighted by Crippen LogP contribution is -2.57. The van der Waals surface area contributed by atoms with Gasteiger partial charge in [-0.1, -0.05) is 5.11 Å². The number of hydrogen-bond acceptors (Lipinski definition) is 5. The Balaban J connectivity index is 2.27. The van der Waals surface area contributed by atoms with Gasteiger partial charge in [-0.3, -0.25) is 0 Å². The molecular formula is C9H14N4O4. The van der Waals surface area contributed by atoms with Gasteiger partial charge in [-0.2, -0.15) is 0 Å². The van der Waals surface area contributed by atoms with E-state index >= 15 is 0 Å². The first-order valence-electron chi connectivity index (χ1n) is 5.28. The summed E-state index contributed by atoms with van der Waals surface area (Å²) in [5.41, 5.74) is 8.43. The lowest BCUT2D eigenvalue weighted by atomic mass is 9.84. The summed E-state index contributed by atoms with van der Waals surface area (Å²) in [5.74, 6) is 0. The van der Waals surface area contributed by atoms with E-state index in [-0.39, 0.29) is 12.1 Å². The first-order chi connectivity index (χ1) is 8.10. The van der Waals surface area contributed by atoms with E-state index in [2.05, 4.69) is 10.0 Å². The lowest BCUT2D eigenvalue weighted by Gasteiger charge is -2.39. The Morgan fingerprint density at radius 1 is 1.71 bits per heavy atom. The van der Waals surface area contributed by atoms with Gasteiger partial charge in [-0.05, 0) is 12.0 Å². The van der Waals surface area contributed by atoms with Crippen molar-refractivity contribution in [2.24, 2.45) is 5.11 Å². The molecule has 1 amide bonds. The number of methoxy groups -OCH3 is 1. The predicted molar refractivity (Wildman–Crippen MR) is 56.2 cm³/mol. The highest BCUT2D eigenvalue weighted by Gasteiger charge is 2.53. The molecule has 2 fully saturated rings. The van der Waals surface area contributed by atoms with Gasteiger partial charge in [0.2, 0.25) is 0 Å². The van der Waals surface area contributed by atoms with Gasteiger partial charge in [0.1, 0.15) is 12.1 Å². The van der Waals surface area contributed by atoms with Gasteiger partial charge >= 0.3 is 6.09 Å². The smallest absolute Gasteiger partial charge is 0.410 e. The van der Waals surface area contributed by atoms with Crippen molar-refractivity contribution in [1.82, 2.24) is 4.90 Å². The summed E-state index contributed by atoms with van der Waals surface area (Å²) in [5, 5.41) is 13.5. The minimum atomic E-state index is -0.990. The van der Waals surface area contributed by atoms with Crippen molar-refractivity contribution in [2.45, 2.75) is 36.8 Å². The average molecular weight is 242 g/mol. The Hall–Kier alpha value is -1.50. The van der Waals surface area contributed by atoms with Crippen LogP contribution < -0.4 is 0 Å². The molecule has 1 aliphatic heterocycles. The van der Waals surface area contributed by atoms with Crippen LogP contribution in [0.15, 0.2) is 5.11 Å². The number of ether oxygens (including phenoxy) is 2. The summed E-state index contributed by atoms with van der Waals surface area (Å²) in [6.07, 6.45) is -2.14. The van der Waals surface area contributed by atoms with E-state index in [0.717, 1.165) is 0 Å². The monoisotopic (exact) mass is 242 g/mol. The van der Waals surface area contributed by atoms with Gasteiger partial charge in [-0.15, -0.1) is 0 Å². The number of hydrogen-bond donors (Lipinski definition) is 1. The summed E-state index contributed by atoms with van der Waals surface area (Å²) >= 11 is 0. The molecule has 1 aliphatic carbocycles. The summed E-state index contributed by atoms with van der Waals surface area (Å²) in [7, 11) is 3.11. The van der Waals surface area contributed by atoms with Crippen LogP contribution in [0.4, 0.5) is 4.79 Å². The molecule has 0 unspecified atom stereocenters. The van der Waals surface area contributed by atoms with Crippen LogP contribution in [0.5, 0.6) is 0 Å². The van der Waals surface area contributed by atoms with Gasteiger partial charge < -0.3 is 19.5 Å². The molecular weight excluding hydrogens is 228 g/mol. The number of azide groups is 1. The van der Waals surface area contributed by atoms with E-state index in [1.807, 2.05) is 0 Å². The van der Waals surface area contributed by atoms with Crippen molar-refractivity contribution < 1.29 is 19.4 Å². The first-order valence-corrected chi connectivity index (χ1v) is 5.28. The third-order valence-electron chi connectivity index (χ3n) is 3.40. The number of nitrogens with zero attached hydrogens (tertiary/aromatic N) is 4. The van der Waals surface area contributed by atoms with Gasteiger partial charge in [0.05, 0.1) is 12.1 Å². The van der Waals surface area contributed by atoms with Crippen LogP contribution in [0.3, 0.4) is 0 Å². The highest BCUT2D eigenvalue weighted by molar-refractivity contribution is 5.70. The largest absolute Gasteiger partial charge is 0.441 e. The van der Waals surface area contributed by atoms with Crippen LogP contribution in [0, 0.1) is 0 Å². The van der Waals surface area contributed by atoms with Gasteiger partial charge in [0.15, 0.2) is 6.10 Å².